The van der Waals surface area contributed by atoms with Gasteiger partial charge in [-0.15, -0.1) is 0 Å². The van der Waals surface area contributed by atoms with Gasteiger partial charge in [0.15, 0.2) is 0 Å². The Bertz CT molecular complexity index is 414. The topological polar surface area (TPSA) is 29.1 Å². The first-order valence-electron chi connectivity index (χ1n) is 6.59. The van der Waals surface area contributed by atoms with Crippen LogP contribution in [0.5, 0.6) is 0 Å². The predicted octanol–water partition coefficient (Wildman–Crippen LogP) is 2.47. The SMILES string of the molecule is O=C1CC2CCCC(Cc3ccccc3)(C1)N2. The van der Waals surface area contributed by atoms with Crippen LogP contribution in [0.25, 0.3) is 0 Å². The molecule has 17 heavy (non-hydrogen) atoms. The van der Waals surface area contributed by atoms with Crippen LogP contribution < -0.4 is 5.32 Å². The Balaban J connectivity index is 1.82. The normalized spacial score (nSPS) is 32.5. The third-order valence-electron chi connectivity index (χ3n) is 4.11. The molecule has 2 heteroatoms. The van der Waals surface area contributed by atoms with Gasteiger partial charge >= 0.3 is 0 Å². The summed E-state index contributed by atoms with van der Waals surface area (Å²) in [4.78, 5) is 11.8. The summed E-state index contributed by atoms with van der Waals surface area (Å²) in [6.45, 7) is 0. The maximum atomic E-state index is 11.8. The molecule has 2 saturated heterocycles. The lowest BCUT2D eigenvalue weighted by atomic mass is 9.73. The molecular formula is C15H19NO. The van der Waals surface area contributed by atoms with Crippen LogP contribution in [-0.2, 0) is 11.2 Å². The second-order valence-electron chi connectivity index (χ2n) is 5.60. The highest BCUT2D eigenvalue weighted by molar-refractivity contribution is 5.81. The largest absolute Gasteiger partial charge is 0.307 e. The fraction of sp³-hybridized carbons (Fsp3) is 0.533. The first kappa shape index (κ1) is 11.0. The second-order valence-corrected chi connectivity index (χ2v) is 5.60. The van der Waals surface area contributed by atoms with Gasteiger partial charge in [-0.3, -0.25) is 4.79 Å². The van der Waals surface area contributed by atoms with Crippen molar-refractivity contribution in [3.05, 3.63) is 35.9 Å². The van der Waals surface area contributed by atoms with Gasteiger partial charge in [0, 0.05) is 24.4 Å². The number of nitrogens with one attached hydrogen (secondary N) is 1. The minimum atomic E-state index is 0.0552. The molecule has 0 aromatic heterocycles. The summed E-state index contributed by atoms with van der Waals surface area (Å²) < 4.78 is 0. The number of carbonyl (C=O) groups is 1. The van der Waals surface area contributed by atoms with E-state index >= 15 is 0 Å². The van der Waals surface area contributed by atoms with Gasteiger partial charge in [-0.05, 0) is 24.8 Å². The standard InChI is InChI=1S/C15H19NO/c17-14-9-13-7-4-8-15(11-14,16-13)10-12-5-2-1-3-6-12/h1-3,5-6,13,16H,4,7-11H2. The molecule has 2 fully saturated rings. The Morgan fingerprint density at radius 1 is 1.29 bits per heavy atom. The molecule has 2 bridgehead atoms. The lowest BCUT2D eigenvalue weighted by Gasteiger charge is -2.46. The zero-order valence-electron chi connectivity index (χ0n) is 10.1. The fourth-order valence-electron chi connectivity index (χ4n) is 3.47. The van der Waals surface area contributed by atoms with Crippen LogP contribution in [0.2, 0.25) is 0 Å². The van der Waals surface area contributed by atoms with Gasteiger partial charge in [0.05, 0.1) is 0 Å². The molecule has 2 nitrogen and oxygen atoms in total. The van der Waals surface area contributed by atoms with Gasteiger partial charge in [0.1, 0.15) is 5.78 Å². The van der Waals surface area contributed by atoms with Crippen LogP contribution in [0, 0.1) is 0 Å². The average Bonchev–Trinajstić information content (AvgIpc) is 2.28. The number of hydrogen-bond donors (Lipinski definition) is 1. The van der Waals surface area contributed by atoms with Crippen LogP contribution in [0.1, 0.15) is 37.7 Å². The van der Waals surface area contributed by atoms with Crippen molar-refractivity contribution in [1.29, 1.82) is 0 Å². The molecule has 1 N–H and O–H groups in total. The number of fused-ring (bicyclic) bond motifs is 2. The second kappa shape index (κ2) is 4.26. The van der Waals surface area contributed by atoms with Crippen molar-refractivity contribution in [2.24, 2.45) is 0 Å². The molecule has 3 rings (SSSR count). The average molecular weight is 229 g/mol. The highest BCUT2D eigenvalue weighted by atomic mass is 16.1. The van der Waals surface area contributed by atoms with Crippen LogP contribution in [0.3, 0.4) is 0 Å². The van der Waals surface area contributed by atoms with Crippen LogP contribution in [0.15, 0.2) is 30.3 Å². The van der Waals surface area contributed by atoms with E-state index in [9.17, 15) is 4.79 Å². The Labute approximate surface area is 102 Å². The Hall–Kier alpha value is -1.15. The summed E-state index contributed by atoms with van der Waals surface area (Å²) in [5.74, 6) is 0.449. The minimum absolute atomic E-state index is 0.0552. The zero-order chi connectivity index (χ0) is 11.7. The lowest BCUT2D eigenvalue weighted by molar-refractivity contribution is -0.124. The van der Waals surface area contributed by atoms with Crippen LogP contribution >= 0.6 is 0 Å². The lowest BCUT2D eigenvalue weighted by Crippen LogP contribution is -2.60. The minimum Gasteiger partial charge on any atom is -0.307 e. The molecule has 2 aliphatic heterocycles. The summed E-state index contributed by atoms with van der Waals surface area (Å²) in [5, 5.41) is 3.72. The van der Waals surface area contributed by atoms with Crippen molar-refractivity contribution in [3.63, 3.8) is 0 Å². The number of Topliss-reactive ketones (excluding diaryl/α,β-unsaturated/α-hetero) is 1. The smallest absolute Gasteiger partial charge is 0.136 e. The van der Waals surface area contributed by atoms with Gasteiger partial charge < -0.3 is 5.32 Å². The van der Waals surface area contributed by atoms with Gasteiger partial charge in [0.25, 0.3) is 0 Å². The third-order valence-corrected chi connectivity index (χ3v) is 4.11. The van der Waals surface area contributed by atoms with Gasteiger partial charge in [-0.2, -0.15) is 0 Å². The Morgan fingerprint density at radius 2 is 2.12 bits per heavy atom. The Kier molecular flexibility index (Phi) is 2.75. The van der Waals surface area contributed by atoms with E-state index < -0.39 is 0 Å². The van der Waals surface area contributed by atoms with E-state index in [2.05, 4.69) is 29.6 Å². The van der Waals surface area contributed by atoms with Crippen molar-refractivity contribution < 1.29 is 4.79 Å². The van der Waals surface area contributed by atoms with E-state index in [4.69, 9.17) is 0 Å². The fourth-order valence-corrected chi connectivity index (χ4v) is 3.47. The molecule has 2 unspecified atom stereocenters. The predicted molar refractivity (Wildman–Crippen MR) is 67.9 cm³/mol. The number of benzene rings is 1. The van der Waals surface area contributed by atoms with Gasteiger partial charge in [0.2, 0.25) is 0 Å². The molecule has 0 amide bonds. The third kappa shape index (κ3) is 2.27. The molecule has 2 heterocycles. The highest BCUT2D eigenvalue weighted by Crippen LogP contribution is 2.34. The highest BCUT2D eigenvalue weighted by Gasteiger charge is 2.41. The molecule has 1 aromatic carbocycles. The molecule has 2 aliphatic rings. The van der Waals surface area contributed by atoms with E-state index in [1.54, 1.807) is 0 Å². The van der Waals surface area contributed by atoms with Crippen LogP contribution in [0.4, 0.5) is 0 Å². The van der Waals surface area contributed by atoms with Crippen molar-refractivity contribution in [3.8, 4) is 0 Å². The van der Waals surface area contributed by atoms with E-state index in [0.717, 1.165) is 25.7 Å². The molecule has 90 valence electrons. The maximum absolute atomic E-state index is 11.8. The molecule has 0 radical (unpaired) electrons. The number of hydrogen-bond acceptors (Lipinski definition) is 2. The number of carbonyl (C=O) groups excluding carboxylic acids is 1. The molecule has 1 aromatic rings. The first-order valence-corrected chi connectivity index (χ1v) is 6.59. The number of ketones is 1. The summed E-state index contributed by atoms with van der Waals surface area (Å²) in [6.07, 6.45) is 6.04. The van der Waals surface area contributed by atoms with Crippen molar-refractivity contribution >= 4 is 5.78 Å². The molecular weight excluding hydrogens is 210 g/mol. The van der Waals surface area contributed by atoms with E-state index in [-0.39, 0.29) is 5.54 Å². The van der Waals surface area contributed by atoms with E-state index in [1.165, 1.54) is 18.4 Å². The van der Waals surface area contributed by atoms with Crippen LogP contribution in [-0.4, -0.2) is 17.4 Å². The van der Waals surface area contributed by atoms with Gasteiger partial charge in [-0.25, -0.2) is 0 Å². The van der Waals surface area contributed by atoms with Crippen molar-refractivity contribution in [2.75, 3.05) is 0 Å². The van der Waals surface area contributed by atoms with Crippen molar-refractivity contribution in [1.82, 2.24) is 5.32 Å². The monoisotopic (exact) mass is 229 g/mol. The van der Waals surface area contributed by atoms with E-state index in [0.29, 0.717) is 11.8 Å². The summed E-state index contributed by atoms with van der Waals surface area (Å²) in [7, 11) is 0. The molecule has 2 atom stereocenters. The molecule has 0 spiro atoms. The molecule has 0 saturated carbocycles. The van der Waals surface area contributed by atoms with E-state index in [1.807, 2.05) is 6.07 Å². The summed E-state index contributed by atoms with van der Waals surface area (Å²) >= 11 is 0. The van der Waals surface area contributed by atoms with Gasteiger partial charge in [-0.1, -0.05) is 36.8 Å². The zero-order valence-corrected chi connectivity index (χ0v) is 10.1. The Morgan fingerprint density at radius 3 is 2.94 bits per heavy atom. The number of piperidine rings is 2. The van der Waals surface area contributed by atoms with Crippen molar-refractivity contribution in [2.45, 2.75) is 50.1 Å². The molecule has 0 aliphatic carbocycles. The summed E-state index contributed by atoms with van der Waals surface area (Å²) in [6, 6.07) is 11.0. The summed E-state index contributed by atoms with van der Waals surface area (Å²) in [5.41, 5.74) is 1.40. The quantitative estimate of drug-likeness (QED) is 0.844. The number of rotatable bonds is 2. The maximum Gasteiger partial charge on any atom is 0.136 e. The first-order chi connectivity index (χ1) is 8.26.